The van der Waals surface area contributed by atoms with E-state index in [-0.39, 0.29) is 18.9 Å². The average Bonchev–Trinajstić information content (AvgIpc) is 2.71. The Morgan fingerprint density at radius 1 is 1.11 bits per heavy atom. The second-order valence-corrected chi connectivity index (χ2v) is 5.59. The number of ether oxygens (including phenoxy) is 2. The van der Waals surface area contributed by atoms with Crippen LogP contribution in [-0.4, -0.2) is 30.7 Å². The molecule has 0 saturated carbocycles. The molecule has 142 valence electrons. The minimum absolute atomic E-state index is 0.00263. The van der Waals surface area contributed by atoms with E-state index in [0.29, 0.717) is 18.1 Å². The van der Waals surface area contributed by atoms with Gasteiger partial charge in [-0.25, -0.2) is 5.48 Å². The average molecular weight is 370 g/mol. The topological polar surface area (TPSA) is 96.9 Å². The molecule has 3 N–H and O–H groups in total. The lowest BCUT2D eigenvalue weighted by Gasteiger charge is -2.11. The minimum atomic E-state index is -0.560. The number of benzene rings is 2. The molecule has 7 nitrogen and oxygen atoms in total. The molecule has 0 spiro atoms. The summed E-state index contributed by atoms with van der Waals surface area (Å²) in [5.41, 5.74) is 3.32. The SMILES string of the molecule is COc1cc(/C=C/C(=O)NCCC(=O)NO)ccc1OCc1ccccc1. The van der Waals surface area contributed by atoms with Gasteiger partial charge < -0.3 is 14.8 Å². The highest BCUT2D eigenvalue weighted by Gasteiger charge is 2.06. The van der Waals surface area contributed by atoms with Gasteiger partial charge in [-0.15, -0.1) is 0 Å². The molecule has 0 bridgehead atoms. The van der Waals surface area contributed by atoms with E-state index >= 15 is 0 Å². The van der Waals surface area contributed by atoms with Crippen LogP contribution in [0.25, 0.3) is 6.08 Å². The first-order valence-electron chi connectivity index (χ1n) is 8.36. The van der Waals surface area contributed by atoms with E-state index in [2.05, 4.69) is 5.32 Å². The summed E-state index contributed by atoms with van der Waals surface area (Å²) in [5, 5.41) is 10.9. The van der Waals surface area contributed by atoms with Crippen molar-refractivity contribution in [2.75, 3.05) is 13.7 Å². The van der Waals surface area contributed by atoms with Gasteiger partial charge in [-0.3, -0.25) is 14.8 Å². The normalized spacial score (nSPS) is 10.4. The molecule has 2 aromatic carbocycles. The zero-order valence-electron chi connectivity index (χ0n) is 15.0. The molecule has 0 radical (unpaired) electrons. The summed E-state index contributed by atoms with van der Waals surface area (Å²) in [6.07, 6.45) is 2.98. The van der Waals surface area contributed by atoms with Gasteiger partial charge in [0.05, 0.1) is 7.11 Å². The fourth-order valence-corrected chi connectivity index (χ4v) is 2.23. The molecule has 0 saturated heterocycles. The maximum absolute atomic E-state index is 11.7. The minimum Gasteiger partial charge on any atom is -0.493 e. The van der Waals surface area contributed by atoms with E-state index in [0.717, 1.165) is 11.1 Å². The van der Waals surface area contributed by atoms with Gasteiger partial charge in [0, 0.05) is 19.0 Å². The Labute approximate surface area is 157 Å². The first kappa shape index (κ1) is 20.0. The number of hydrogen-bond acceptors (Lipinski definition) is 5. The van der Waals surface area contributed by atoms with Crippen molar-refractivity contribution >= 4 is 17.9 Å². The van der Waals surface area contributed by atoms with Crippen molar-refractivity contribution in [3.8, 4) is 11.5 Å². The lowest BCUT2D eigenvalue weighted by molar-refractivity contribution is -0.129. The van der Waals surface area contributed by atoms with E-state index < -0.39 is 5.91 Å². The fourth-order valence-electron chi connectivity index (χ4n) is 2.23. The van der Waals surface area contributed by atoms with E-state index in [1.807, 2.05) is 36.4 Å². The second-order valence-electron chi connectivity index (χ2n) is 5.59. The largest absolute Gasteiger partial charge is 0.493 e. The molecular formula is C20H22N2O5. The van der Waals surface area contributed by atoms with Crippen LogP contribution in [0.1, 0.15) is 17.5 Å². The fraction of sp³-hybridized carbons (Fsp3) is 0.200. The summed E-state index contributed by atoms with van der Waals surface area (Å²) in [5.74, 6) is 0.269. The highest BCUT2D eigenvalue weighted by molar-refractivity contribution is 5.92. The first-order chi connectivity index (χ1) is 13.1. The number of amides is 2. The summed E-state index contributed by atoms with van der Waals surface area (Å²) in [6.45, 7) is 0.557. The zero-order valence-corrected chi connectivity index (χ0v) is 15.0. The maximum atomic E-state index is 11.7. The molecule has 27 heavy (non-hydrogen) atoms. The summed E-state index contributed by atoms with van der Waals surface area (Å²) in [4.78, 5) is 22.6. The van der Waals surface area contributed by atoms with Crippen molar-refractivity contribution in [2.24, 2.45) is 0 Å². The third-order valence-electron chi connectivity index (χ3n) is 3.63. The highest BCUT2D eigenvalue weighted by atomic mass is 16.5. The molecule has 0 fully saturated rings. The summed E-state index contributed by atoms with van der Waals surface area (Å²) < 4.78 is 11.2. The molecule has 2 amide bonds. The third kappa shape index (κ3) is 6.83. The van der Waals surface area contributed by atoms with Gasteiger partial charge >= 0.3 is 0 Å². The maximum Gasteiger partial charge on any atom is 0.245 e. The Morgan fingerprint density at radius 3 is 2.59 bits per heavy atom. The van der Waals surface area contributed by atoms with Crippen LogP contribution in [0.4, 0.5) is 0 Å². The van der Waals surface area contributed by atoms with E-state index in [4.69, 9.17) is 14.7 Å². The predicted octanol–water partition coefficient (Wildman–Crippen LogP) is 2.30. The third-order valence-corrected chi connectivity index (χ3v) is 3.63. The van der Waals surface area contributed by atoms with Gasteiger partial charge in [0.2, 0.25) is 11.8 Å². The first-order valence-corrected chi connectivity index (χ1v) is 8.36. The molecule has 0 aliphatic heterocycles. The van der Waals surface area contributed by atoms with Crippen LogP contribution in [0.3, 0.4) is 0 Å². The molecule has 0 atom stereocenters. The van der Waals surface area contributed by atoms with Crippen LogP contribution >= 0.6 is 0 Å². The van der Waals surface area contributed by atoms with Gasteiger partial charge in [-0.2, -0.15) is 0 Å². The Balaban J connectivity index is 1.92. The van der Waals surface area contributed by atoms with Crippen LogP contribution in [0.15, 0.2) is 54.6 Å². The lowest BCUT2D eigenvalue weighted by Crippen LogP contribution is -2.28. The number of carbonyl (C=O) groups excluding carboxylic acids is 2. The molecule has 0 aliphatic carbocycles. The van der Waals surface area contributed by atoms with Crippen LogP contribution in [0.5, 0.6) is 11.5 Å². The van der Waals surface area contributed by atoms with Gasteiger partial charge in [0.25, 0.3) is 0 Å². The van der Waals surface area contributed by atoms with Crippen molar-refractivity contribution in [2.45, 2.75) is 13.0 Å². The van der Waals surface area contributed by atoms with Gasteiger partial charge in [0.1, 0.15) is 6.61 Å². The van der Waals surface area contributed by atoms with Crippen LogP contribution in [0.2, 0.25) is 0 Å². The second kappa shape index (κ2) is 10.6. The number of carbonyl (C=O) groups is 2. The highest BCUT2D eigenvalue weighted by Crippen LogP contribution is 2.29. The van der Waals surface area contributed by atoms with Crippen LogP contribution in [0, 0.1) is 0 Å². The number of hydrogen-bond donors (Lipinski definition) is 3. The Kier molecular flexibility index (Phi) is 7.87. The molecular weight excluding hydrogens is 348 g/mol. The quantitative estimate of drug-likeness (QED) is 0.358. The smallest absolute Gasteiger partial charge is 0.245 e. The summed E-state index contributed by atoms with van der Waals surface area (Å²) in [7, 11) is 1.55. The van der Waals surface area contributed by atoms with Gasteiger partial charge in [-0.1, -0.05) is 36.4 Å². The van der Waals surface area contributed by atoms with Crippen molar-refractivity contribution in [3.63, 3.8) is 0 Å². The molecule has 7 heteroatoms. The zero-order chi connectivity index (χ0) is 19.5. The monoisotopic (exact) mass is 370 g/mol. The van der Waals surface area contributed by atoms with Gasteiger partial charge in [-0.05, 0) is 29.3 Å². The summed E-state index contributed by atoms with van der Waals surface area (Å²) >= 11 is 0. The molecule has 2 aromatic rings. The number of nitrogens with one attached hydrogen (secondary N) is 2. The summed E-state index contributed by atoms with van der Waals surface area (Å²) in [6, 6.07) is 15.2. The number of methoxy groups -OCH3 is 1. The molecule has 0 heterocycles. The predicted molar refractivity (Wildman–Crippen MR) is 100 cm³/mol. The van der Waals surface area contributed by atoms with Crippen LogP contribution in [-0.2, 0) is 16.2 Å². The Bertz CT molecular complexity index is 790. The molecule has 0 unspecified atom stereocenters. The number of hydroxylamine groups is 1. The van der Waals surface area contributed by atoms with Crippen LogP contribution < -0.4 is 20.3 Å². The molecule has 0 aliphatic rings. The van der Waals surface area contributed by atoms with E-state index in [1.54, 1.807) is 25.3 Å². The van der Waals surface area contributed by atoms with E-state index in [1.165, 1.54) is 11.6 Å². The Hall–Kier alpha value is -3.32. The van der Waals surface area contributed by atoms with Gasteiger partial charge in [0.15, 0.2) is 11.5 Å². The molecule has 2 rings (SSSR count). The standard InChI is InChI=1S/C20H22N2O5/c1-26-18-13-15(8-10-19(23)21-12-11-20(24)22-25)7-9-17(18)27-14-16-5-3-2-4-6-16/h2-10,13,25H,11-12,14H2,1H3,(H,21,23)(H,22,24)/b10-8+. The number of rotatable bonds is 9. The molecule has 0 aromatic heterocycles. The van der Waals surface area contributed by atoms with Crippen molar-refractivity contribution in [1.29, 1.82) is 0 Å². The van der Waals surface area contributed by atoms with Crippen molar-refractivity contribution in [3.05, 3.63) is 65.7 Å². The van der Waals surface area contributed by atoms with Crippen molar-refractivity contribution in [1.82, 2.24) is 10.8 Å². The van der Waals surface area contributed by atoms with Crippen molar-refractivity contribution < 1.29 is 24.3 Å². The lowest BCUT2D eigenvalue weighted by atomic mass is 10.2. The van der Waals surface area contributed by atoms with E-state index in [9.17, 15) is 9.59 Å². The Morgan fingerprint density at radius 2 is 1.89 bits per heavy atom.